The first-order valence-corrected chi connectivity index (χ1v) is 12.0. The van der Waals surface area contributed by atoms with E-state index in [-0.39, 0.29) is 5.91 Å². The Hall–Kier alpha value is -2.83. The standard InChI is InChI=1S/C26H23BrN2O2S/c1-2-31-23-14-13-22(27)15-21(23)16-24-25(30)29(18-20-11-7-4-8-12-20)26(32-24)28-17-19-9-5-3-6-10-19/h3-16H,2,17-18H2,1H3/b24-16+,28-26?. The van der Waals surface area contributed by atoms with Crippen LogP contribution in [0, 0.1) is 0 Å². The van der Waals surface area contributed by atoms with Crippen LogP contribution >= 0.6 is 27.7 Å². The number of thioether (sulfide) groups is 1. The van der Waals surface area contributed by atoms with Gasteiger partial charge in [-0.25, -0.2) is 0 Å². The number of aliphatic imine (C=N–C) groups is 1. The lowest BCUT2D eigenvalue weighted by molar-refractivity contribution is -0.122. The number of benzene rings is 3. The summed E-state index contributed by atoms with van der Waals surface area (Å²) in [5, 5.41) is 0.710. The van der Waals surface area contributed by atoms with Crippen molar-refractivity contribution in [3.8, 4) is 5.75 Å². The van der Waals surface area contributed by atoms with E-state index in [0.717, 1.165) is 26.9 Å². The van der Waals surface area contributed by atoms with Gasteiger partial charge in [-0.15, -0.1) is 0 Å². The van der Waals surface area contributed by atoms with Crippen molar-refractivity contribution in [2.45, 2.75) is 20.0 Å². The molecule has 0 aromatic heterocycles. The Morgan fingerprint density at radius 2 is 1.69 bits per heavy atom. The number of carbonyl (C=O) groups is 1. The average molecular weight is 507 g/mol. The fourth-order valence-corrected chi connectivity index (χ4v) is 4.68. The number of rotatable bonds is 7. The van der Waals surface area contributed by atoms with Gasteiger partial charge < -0.3 is 4.74 Å². The molecule has 3 aromatic rings. The Bertz CT molecular complexity index is 1150. The van der Waals surface area contributed by atoms with E-state index in [1.165, 1.54) is 11.8 Å². The molecule has 1 amide bonds. The molecule has 3 aromatic carbocycles. The molecule has 0 unspecified atom stereocenters. The van der Waals surface area contributed by atoms with E-state index in [0.29, 0.717) is 29.8 Å². The van der Waals surface area contributed by atoms with Crippen molar-refractivity contribution < 1.29 is 9.53 Å². The number of amides is 1. The molecule has 0 N–H and O–H groups in total. The molecule has 0 saturated carbocycles. The third-order valence-electron chi connectivity index (χ3n) is 4.87. The summed E-state index contributed by atoms with van der Waals surface area (Å²) in [4.78, 5) is 20.6. The van der Waals surface area contributed by atoms with Crippen LogP contribution in [0.5, 0.6) is 5.75 Å². The smallest absolute Gasteiger partial charge is 0.267 e. The number of halogens is 1. The predicted molar refractivity (Wildman–Crippen MR) is 135 cm³/mol. The van der Waals surface area contributed by atoms with Gasteiger partial charge in [0.25, 0.3) is 5.91 Å². The molecule has 0 aliphatic carbocycles. The monoisotopic (exact) mass is 506 g/mol. The van der Waals surface area contributed by atoms with E-state index < -0.39 is 0 Å². The lowest BCUT2D eigenvalue weighted by atomic mass is 10.1. The maximum Gasteiger partial charge on any atom is 0.267 e. The van der Waals surface area contributed by atoms with Crippen molar-refractivity contribution in [3.05, 3.63) is 105 Å². The quantitative estimate of drug-likeness (QED) is 0.342. The molecule has 1 saturated heterocycles. The van der Waals surface area contributed by atoms with E-state index in [2.05, 4.69) is 15.9 Å². The zero-order valence-electron chi connectivity index (χ0n) is 17.7. The first kappa shape index (κ1) is 22.4. The van der Waals surface area contributed by atoms with E-state index in [1.54, 1.807) is 4.90 Å². The molecule has 6 heteroatoms. The maximum atomic E-state index is 13.4. The normalized spacial score (nSPS) is 16.2. The first-order valence-electron chi connectivity index (χ1n) is 10.4. The fourth-order valence-electron chi connectivity index (χ4n) is 3.33. The molecule has 0 spiro atoms. The molecule has 0 atom stereocenters. The van der Waals surface area contributed by atoms with Crippen molar-refractivity contribution >= 4 is 44.8 Å². The maximum absolute atomic E-state index is 13.4. The first-order chi connectivity index (χ1) is 15.6. The van der Waals surface area contributed by atoms with Crippen molar-refractivity contribution in [3.63, 3.8) is 0 Å². The van der Waals surface area contributed by atoms with Crippen LogP contribution in [0.15, 0.2) is 93.2 Å². The number of ether oxygens (including phenoxy) is 1. The predicted octanol–water partition coefficient (Wildman–Crippen LogP) is 6.52. The van der Waals surface area contributed by atoms with Gasteiger partial charge in [-0.3, -0.25) is 14.7 Å². The van der Waals surface area contributed by atoms with E-state index in [4.69, 9.17) is 9.73 Å². The molecule has 0 bridgehead atoms. The lowest BCUT2D eigenvalue weighted by Gasteiger charge is -2.15. The molecule has 1 aliphatic heterocycles. The molecule has 1 aliphatic rings. The minimum absolute atomic E-state index is 0.0481. The van der Waals surface area contributed by atoms with Gasteiger partial charge >= 0.3 is 0 Å². The van der Waals surface area contributed by atoms with Gasteiger partial charge in [0.15, 0.2) is 5.17 Å². The number of amidine groups is 1. The summed E-state index contributed by atoms with van der Waals surface area (Å²) < 4.78 is 6.70. The van der Waals surface area contributed by atoms with Gasteiger partial charge in [-0.2, -0.15) is 0 Å². The Morgan fingerprint density at radius 1 is 1.00 bits per heavy atom. The number of carbonyl (C=O) groups excluding carboxylic acids is 1. The van der Waals surface area contributed by atoms with Gasteiger partial charge in [0.1, 0.15) is 5.75 Å². The van der Waals surface area contributed by atoms with Crippen LogP contribution in [0.1, 0.15) is 23.6 Å². The molecule has 4 nitrogen and oxygen atoms in total. The van der Waals surface area contributed by atoms with Gasteiger partial charge in [0.2, 0.25) is 0 Å². The number of nitrogens with zero attached hydrogens (tertiary/aromatic N) is 2. The molecule has 1 heterocycles. The highest BCUT2D eigenvalue weighted by Crippen LogP contribution is 2.36. The fraction of sp³-hybridized carbons (Fsp3) is 0.154. The zero-order chi connectivity index (χ0) is 22.3. The van der Waals surface area contributed by atoms with Crippen LogP contribution in [0.3, 0.4) is 0 Å². The van der Waals surface area contributed by atoms with E-state index in [9.17, 15) is 4.79 Å². The Morgan fingerprint density at radius 3 is 2.38 bits per heavy atom. The third-order valence-corrected chi connectivity index (χ3v) is 6.41. The number of hydrogen-bond donors (Lipinski definition) is 0. The van der Waals surface area contributed by atoms with Crippen LogP contribution in [0.4, 0.5) is 0 Å². The summed E-state index contributed by atoms with van der Waals surface area (Å²) in [5.74, 6) is 0.703. The highest BCUT2D eigenvalue weighted by atomic mass is 79.9. The van der Waals surface area contributed by atoms with Crippen molar-refractivity contribution in [1.82, 2.24) is 4.90 Å². The summed E-state index contributed by atoms with van der Waals surface area (Å²) in [6.07, 6.45) is 1.89. The molecule has 32 heavy (non-hydrogen) atoms. The van der Waals surface area contributed by atoms with Crippen molar-refractivity contribution in [1.29, 1.82) is 0 Å². The van der Waals surface area contributed by atoms with Crippen LogP contribution < -0.4 is 4.74 Å². The molecule has 4 rings (SSSR count). The second-order valence-corrected chi connectivity index (χ2v) is 9.11. The molecule has 1 fully saturated rings. The van der Waals surface area contributed by atoms with Gasteiger partial charge in [-0.05, 0) is 54.1 Å². The SMILES string of the molecule is CCOc1ccc(Br)cc1/C=C1/SC(=NCc2ccccc2)N(Cc2ccccc2)C1=O. The Balaban J connectivity index is 1.67. The minimum Gasteiger partial charge on any atom is -0.493 e. The largest absolute Gasteiger partial charge is 0.493 e. The average Bonchev–Trinajstić information content (AvgIpc) is 3.10. The minimum atomic E-state index is -0.0481. The Kier molecular flexibility index (Phi) is 7.45. The van der Waals surface area contributed by atoms with Crippen LogP contribution in [-0.2, 0) is 17.9 Å². The summed E-state index contributed by atoms with van der Waals surface area (Å²) in [6.45, 7) is 3.51. The van der Waals surface area contributed by atoms with Gasteiger partial charge in [0, 0.05) is 10.0 Å². The Labute approximate surface area is 201 Å². The van der Waals surface area contributed by atoms with E-state index >= 15 is 0 Å². The summed E-state index contributed by atoms with van der Waals surface area (Å²) in [6, 6.07) is 25.9. The summed E-state index contributed by atoms with van der Waals surface area (Å²) in [7, 11) is 0. The number of hydrogen-bond acceptors (Lipinski definition) is 4. The lowest BCUT2D eigenvalue weighted by Crippen LogP contribution is -2.28. The van der Waals surface area contributed by atoms with Gasteiger partial charge in [0.05, 0.1) is 24.6 Å². The van der Waals surface area contributed by atoms with Crippen LogP contribution in [0.25, 0.3) is 6.08 Å². The molecule has 162 valence electrons. The second-order valence-electron chi connectivity index (χ2n) is 7.19. The molecular weight excluding hydrogens is 484 g/mol. The van der Waals surface area contributed by atoms with E-state index in [1.807, 2.05) is 91.9 Å². The summed E-state index contributed by atoms with van der Waals surface area (Å²) in [5.41, 5.74) is 3.03. The van der Waals surface area contributed by atoms with Crippen molar-refractivity contribution in [2.24, 2.45) is 4.99 Å². The van der Waals surface area contributed by atoms with Crippen LogP contribution in [0.2, 0.25) is 0 Å². The second kappa shape index (κ2) is 10.7. The highest BCUT2D eigenvalue weighted by Gasteiger charge is 2.33. The van der Waals surface area contributed by atoms with Crippen molar-refractivity contribution in [2.75, 3.05) is 6.61 Å². The highest BCUT2D eigenvalue weighted by molar-refractivity contribution is 9.10. The van der Waals surface area contributed by atoms with Gasteiger partial charge in [-0.1, -0.05) is 76.6 Å². The van der Waals surface area contributed by atoms with Crippen LogP contribution in [-0.4, -0.2) is 22.6 Å². The topological polar surface area (TPSA) is 41.9 Å². The molecular formula is C26H23BrN2O2S. The molecule has 0 radical (unpaired) electrons. The third kappa shape index (κ3) is 5.50. The zero-order valence-corrected chi connectivity index (χ0v) is 20.1. The summed E-state index contributed by atoms with van der Waals surface area (Å²) >= 11 is 4.93.